The third kappa shape index (κ3) is 3.73. The average molecular weight is 273 g/mol. The average Bonchev–Trinajstić information content (AvgIpc) is 2.37. The first-order valence-corrected chi connectivity index (χ1v) is 6.48. The zero-order chi connectivity index (χ0) is 14.6. The highest BCUT2D eigenvalue weighted by molar-refractivity contribution is 5.41. The third-order valence-electron chi connectivity index (χ3n) is 3.01. The molecule has 1 aromatic rings. The Morgan fingerprint density at radius 2 is 1.50 bits per heavy atom. The molecule has 20 heavy (non-hydrogen) atoms. The van der Waals surface area contributed by atoms with E-state index in [0.29, 0.717) is 11.4 Å². The Bertz CT molecular complexity index is 600. The van der Waals surface area contributed by atoms with Crippen LogP contribution in [0.4, 0.5) is 5.69 Å². The lowest BCUT2D eigenvalue weighted by Gasteiger charge is -2.23. The number of aliphatic hydroxyl groups excluding tert-OH is 1. The summed E-state index contributed by atoms with van der Waals surface area (Å²) in [5, 5.41) is 21.1. The summed E-state index contributed by atoms with van der Waals surface area (Å²) in [5.74, 6) is -0.817. The standard InChI is InChI=1S/C10H15NO3.C6H4/c1-10(13,6-7-12)14-9-4-2-8(11)3-5-9;1-2-6-4-3-5(1)6/h2-5,12-13H,6-7,11H2,1H3;1-4H. The van der Waals surface area contributed by atoms with Crippen LogP contribution in [0, 0.1) is 10.4 Å². The highest BCUT2D eigenvalue weighted by Crippen LogP contribution is 2.20. The fraction of sp³-hybridized carbons (Fsp3) is 0.250. The minimum absolute atomic E-state index is 0.123. The zero-order valence-electron chi connectivity index (χ0n) is 11.4. The lowest BCUT2D eigenvalue weighted by Crippen LogP contribution is -2.32. The molecule has 0 saturated heterocycles. The molecular formula is C16H19NO3. The Labute approximate surface area is 117 Å². The molecule has 106 valence electrons. The van der Waals surface area contributed by atoms with Crippen LogP contribution < -0.4 is 10.5 Å². The van der Waals surface area contributed by atoms with E-state index in [0.717, 1.165) is 0 Å². The van der Waals surface area contributed by atoms with Crippen molar-refractivity contribution in [3.8, 4) is 5.75 Å². The summed E-state index contributed by atoms with van der Waals surface area (Å²) in [6, 6.07) is 15.2. The van der Waals surface area contributed by atoms with Gasteiger partial charge < -0.3 is 20.7 Å². The molecule has 1 unspecified atom stereocenters. The van der Waals surface area contributed by atoms with Gasteiger partial charge >= 0.3 is 0 Å². The smallest absolute Gasteiger partial charge is 0.207 e. The van der Waals surface area contributed by atoms with E-state index in [2.05, 4.69) is 24.3 Å². The number of hydrogen-bond acceptors (Lipinski definition) is 4. The molecule has 0 radical (unpaired) electrons. The van der Waals surface area contributed by atoms with Gasteiger partial charge in [0.2, 0.25) is 5.79 Å². The van der Waals surface area contributed by atoms with Gasteiger partial charge in [-0.1, -0.05) is 24.3 Å². The molecular weight excluding hydrogens is 254 g/mol. The summed E-state index contributed by atoms with van der Waals surface area (Å²) in [5.41, 5.74) is 6.13. The van der Waals surface area contributed by atoms with E-state index in [9.17, 15) is 5.11 Å². The normalized spacial score (nSPS) is 13.8. The van der Waals surface area contributed by atoms with Crippen LogP contribution in [0.5, 0.6) is 5.75 Å². The molecule has 1 aromatic carbocycles. The van der Waals surface area contributed by atoms with E-state index < -0.39 is 5.79 Å². The molecule has 0 bridgehead atoms. The SMILES string of the molecule is CC(O)(CCO)Oc1ccc(N)cc1.c1cc2ccc1=2. The van der Waals surface area contributed by atoms with Gasteiger partial charge in [0.25, 0.3) is 0 Å². The van der Waals surface area contributed by atoms with Crippen molar-refractivity contribution in [2.24, 2.45) is 0 Å². The number of ether oxygens (including phenoxy) is 1. The van der Waals surface area contributed by atoms with Crippen LogP contribution in [0.15, 0.2) is 48.5 Å². The van der Waals surface area contributed by atoms with Gasteiger partial charge in [-0.2, -0.15) is 0 Å². The van der Waals surface area contributed by atoms with Gasteiger partial charge in [0.1, 0.15) is 5.75 Å². The molecule has 4 heteroatoms. The van der Waals surface area contributed by atoms with Gasteiger partial charge in [0.05, 0.1) is 0 Å². The molecule has 0 amide bonds. The van der Waals surface area contributed by atoms with Crippen LogP contribution >= 0.6 is 0 Å². The number of nitrogen functional groups attached to an aromatic ring is 1. The number of hydrogen-bond donors (Lipinski definition) is 3. The quantitative estimate of drug-likeness (QED) is 0.502. The summed E-state index contributed by atoms with van der Waals surface area (Å²) in [4.78, 5) is 0. The maximum absolute atomic E-state index is 9.62. The topological polar surface area (TPSA) is 75.7 Å². The molecule has 1 atom stereocenters. The van der Waals surface area contributed by atoms with Crippen molar-refractivity contribution in [3.05, 3.63) is 59.0 Å². The van der Waals surface area contributed by atoms with Crippen molar-refractivity contribution in [3.63, 3.8) is 0 Å². The minimum atomic E-state index is -1.34. The number of benzene rings is 2. The van der Waals surface area contributed by atoms with Crippen molar-refractivity contribution in [2.75, 3.05) is 12.3 Å². The second-order valence-electron chi connectivity index (χ2n) is 4.90. The Morgan fingerprint density at radius 3 is 1.85 bits per heavy atom. The Hall–Kier alpha value is -2.04. The summed E-state index contributed by atoms with van der Waals surface area (Å²) < 4.78 is 5.24. The van der Waals surface area contributed by atoms with Gasteiger partial charge in [-0.05, 0) is 34.7 Å². The van der Waals surface area contributed by atoms with Gasteiger partial charge in [-0.25, -0.2) is 0 Å². The highest BCUT2D eigenvalue weighted by atomic mass is 16.6. The van der Waals surface area contributed by atoms with Crippen molar-refractivity contribution in [1.29, 1.82) is 0 Å². The van der Waals surface area contributed by atoms with Crippen LogP contribution in [0.3, 0.4) is 0 Å². The first-order chi connectivity index (χ1) is 9.50. The fourth-order valence-corrected chi connectivity index (χ4v) is 1.71. The van der Waals surface area contributed by atoms with Crippen LogP contribution in [-0.4, -0.2) is 22.6 Å². The van der Waals surface area contributed by atoms with Crippen LogP contribution in [0.2, 0.25) is 0 Å². The van der Waals surface area contributed by atoms with Gasteiger partial charge in [-0.15, -0.1) is 0 Å². The van der Waals surface area contributed by atoms with Crippen LogP contribution in [0.1, 0.15) is 13.3 Å². The van der Waals surface area contributed by atoms with Crippen molar-refractivity contribution < 1.29 is 14.9 Å². The maximum Gasteiger partial charge on any atom is 0.207 e. The van der Waals surface area contributed by atoms with Crippen LogP contribution in [-0.2, 0) is 0 Å². The van der Waals surface area contributed by atoms with E-state index in [1.165, 1.54) is 17.4 Å². The zero-order valence-corrected chi connectivity index (χ0v) is 11.4. The molecule has 0 aromatic heterocycles. The largest absolute Gasteiger partial charge is 0.463 e. The molecule has 0 spiro atoms. The van der Waals surface area contributed by atoms with E-state index in [-0.39, 0.29) is 13.0 Å². The first kappa shape index (κ1) is 14.4. The van der Waals surface area contributed by atoms with Gasteiger partial charge in [0.15, 0.2) is 0 Å². The maximum atomic E-state index is 9.62. The molecule has 0 heterocycles. The molecule has 0 fully saturated rings. The van der Waals surface area contributed by atoms with E-state index in [1.54, 1.807) is 24.3 Å². The van der Waals surface area contributed by atoms with Gasteiger partial charge in [-0.3, -0.25) is 0 Å². The monoisotopic (exact) mass is 273 g/mol. The first-order valence-electron chi connectivity index (χ1n) is 6.48. The van der Waals surface area contributed by atoms with Crippen molar-refractivity contribution >= 4 is 5.69 Å². The second-order valence-corrected chi connectivity index (χ2v) is 4.90. The Kier molecular flexibility index (Phi) is 4.27. The Morgan fingerprint density at radius 1 is 1.00 bits per heavy atom. The lowest BCUT2D eigenvalue weighted by atomic mass is 10.1. The summed E-state index contributed by atoms with van der Waals surface area (Å²) in [6.45, 7) is 1.38. The van der Waals surface area contributed by atoms with E-state index in [4.69, 9.17) is 15.6 Å². The third-order valence-corrected chi connectivity index (χ3v) is 3.01. The predicted molar refractivity (Wildman–Crippen MR) is 77.9 cm³/mol. The molecule has 3 rings (SSSR count). The highest BCUT2D eigenvalue weighted by Gasteiger charge is 2.21. The Balaban J connectivity index is 0.000000198. The molecule has 4 nitrogen and oxygen atoms in total. The van der Waals surface area contributed by atoms with Crippen molar-refractivity contribution in [1.82, 2.24) is 0 Å². The number of aliphatic hydroxyl groups is 2. The number of anilines is 1. The van der Waals surface area contributed by atoms with Crippen LogP contribution in [0.25, 0.3) is 0 Å². The van der Waals surface area contributed by atoms with Gasteiger partial charge in [0, 0.05) is 25.6 Å². The predicted octanol–water partition coefficient (Wildman–Crippen LogP) is 2.03. The summed E-state index contributed by atoms with van der Waals surface area (Å²) in [6.07, 6.45) is 0.164. The number of nitrogens with two attached hydrogens (primary N) is 1. The molecule has 0 saturated carbocycles. The van der Waals surface area contributed by atoms with E-state index >= 15 is 0 Å². The summed E-state index contributed by atoms with van der Waals surface area (Å²) >= 11 is 0. The number of rotatable bonds is 4. The lowest BCUT2D eigenvalue weighted by molar-refractivity contribution is -0.132. The molecule has 2 aliphatic rings. The fourth-order valence-electron chi connectivity index (χ4n) is 1.71. The minimum Gasteiger partial charge on any atom is -0.463 e. The van der Waals surface area contributed by atoms with E-state index in [1.807, 2.05) is 0 Å². The summed E-state index contributed by atoms with van der Waals surface area (Å²) in [7, 11) is 0. The molecule has 4 N–H and O–H groups in total. The second kappa shape index (κ2) is 5.94. The molecule has 2 aliphatic carbocycles. The van der Waals surface area contributed by atoms with Crippen molar-refractivity contribution in [2.45, 2.75) is 19.1 Å². The molecule has 0 aliphatic heterocycles.